The fourth-order valence-corrected chi connectivity index (χ4v) is 3.59. The van der Waals surface area contributed by atoms with Crippen molar-refractivity contribution in [3.8, 4) is 0 Å². The molecule has 22 heavy (non-hydrogen) atoms. The van der Waals surface area contributed by atoms with Gasteiger partial charge in [-0.3, -0.25) is 14.4 Å². The van der Waals surface area contributed by atoms with E-state index in [1.807, 2.05) is 11.4 Å². The lowest BCUT2D eigenvalue weighted by molar-refractivity contribution is -0.145. The molecule has 1 aliphatic carbocycles. The highest BCUT2D eigenvalue weighted by atomic mass is 32.1. The van der Waals surface area contributed by atoms with Crippen LogP contribution in [0.3, 0.4) is 0 Å². The molecule has 0 aliphatic heterocycles. The Morgan fingerprint density at radius 2 is 2.00 bits per heavy atom. The van der Waals surface area contributed by atoms with Crippen molar-refractivity contribution in [3.63, 3.8) is 0 Å². The lowest BCUT2D eigenvalue weighted by Crippen LogP contribution is -2.37. The largest absolute Gasteiger partial charge is 0.481 e. The van der Waals surface area contributed by atoms with Gasteiger partial charge in [0.25, 0.3) is 0 Å². The van der Waals surface area contributed by atoms with E-state index in [1.54, 1.807) is 6.07 Å². The summed E-state index contributed by atoms with van der Waals surface area (Å²) in [7, 11) is 0. The highest BCUT2D eigenvalue weighted by Gasteiger charge is 2.30. The average Bonchev–Trinajstić information content (AvgIpc) is 3.05. The summed E-state index contributed by atoms with van der Waals surface area (Å²) in [5.74, 6) is -1.33. The number of ketones is 1. The van der Waals surface area contributed by atoms with Crippen molar-refractivity contribution >= 4 is 29.0 Å². The fraction of sp³-hybridized carbons (Fsp3) is 0.562. The van der Waals surface area contributed by atoms with Crippen molar-refractivity contribution in [1.29, 1.82) is 0 Å². The molecule has 2 rings (SSSR count). The SMILES string of the molecule is O=C(CCC(=O)c1cccs1)NC[C@@H]1CCCC[C@@H]1C(=O)O. The van der Waals surface area contributed by atoms with Gasteiger partial charge in [0.1, 0.15) is 0 Å². The number of nitrogens with one attached hydrogen (secondary N) is 1. The molecule has 2 atom stereocenters. The van der Waals surface area contributed by atoms with Gasteiger partial charge in [-0.1, -0.05) is 18.9 Å². The first kappa shape index (κ1) is 16.7. The molecular weight excluding hydrogens is 302 g/mol. The van der Waals surface area contributed by atoms with E-state index in [9.17, 15) is 19.5 Å². The zero-order valence-corrected chi connectivity index (χ0v) is 13.2. The zero-order valence-electron chi connectivity index (χ0n) is 12.4. The molecule has 120 valence electrons. The Hall–Kier alpha value is -1.69. The summed E-state index contributed by atoms with van der Waals surface area (Å²) in [5, 5.41) is 13.8. The van der Waals surface area contributed by atoms with Crippen molar-refractivity contribution in [3.05, 3.63) is 22.4 Å². The predicted octanol–water partition coefficient (Wildman–Crippen LogP) is 2.72. The quantitative estimate of drug-likeness (QED) is 0.756. The van der Waals surface area contributed by atoms with Crippen molar-refractivity contribution < 1.29 is 19.5 Å². The summed E-state index contributed by atoms with van der Waals surface area (Å²) >= 11 is 1.38. The Kier molecular flexibility index (Phi) is 6.12. The Balaban J connectivity index is 1.73. The molecule has 1 heterocycles. The number of hydrogen-bond donors (Lipinski definition) is 2. The van der Waals surface area contributed by atoms with Gasteiger partial charge < -0.3 is 10.4 Å². The monoisotopic (exact) mass is 323 g/mol. The summed E-state index contributed by atoms with van der Waals surface area (Å²) in [6.45, 7) is 0.392. The first-order valence-corrected chi connectivity index (χ1v) is 8.52. The second-order valence-electron chi connectivity index (χ2n) is 5.69. The molecule has 0 unspecified atom stereocenters. The molecule has 5 nitrogen and oxygen atoms in total. The predicted molar refractivity (Wildman–Crippen MR) is 84.0 cm³/mol. The van der Waals surface area contributed by atoms with E-state index in [0.29, 0.717) is 17.8 Å². The van der Waals surface area contributed by atoms with E-state index in [-0.39, 0.29) is 36.4 Å². The van der Waals surface area contributed by atoms with E-state index in [1.165, 1.54) is 11.3 Å². The minimum Gasteiger partial charge on any atom is -0.481 e. The van der Waals surface area contributed by atoms with Crippen molar-refractivity contribution in [1.82, 2.24) is 5.32 Å². The van der Waals surface area contributed by atoms with Crippen LogP contribution in [0.25, 0.3) is 0 Å². The minimum atomic E-state index is -0.771. The Labute approximate surface area is 133 Å². The number of hydrogen-bond acceptors (Lipinski definition) is 4. The van der Waals surface area contributed by atoms with Crippen LogP contribution in [-0.2, 0) is 9.59 Å². The van der Waals surface area contributed by atoms with Crippen LogP contribution >= 0.6 is 11.3 Å². The molecule has 1 aliphatic rings. The highest BCUT2D eigenvalue weighted by molar-refractivity contribution is 7.12. The third-order valence-corrected chi connectivity index (χ3v) is 5.07. The Morgan fingerprint density at radius 3 is 2.68 bits per heavy atom. The van der Waals surface area contributed by atoms with Crippen LogP contribution in [-0.4, -0.2) is 29.3 Å². The number of carbonyl (C=O) groups excluding carboxylic acids is 2. The summed E-state index contributed by atoms with van der Waals surface area (Å²) in [6, 6.07) is 3.57. The lowest BCUT2D eigenvalue weighted by Gasteiger charge is -2.28. The summed E-state index contributed by atoms with van der Waals surface area (Å²) in [6.07, 6.45) is 3.83. The zero-order chi connectivity index (χ0) is 15.9. The molecule has 1 aromatic heterocycles. The standard InChI is InChI=1S/C16H21NO4S/c18-13(14-6-3-9-22-14)7-8-15(19)17-10-11-4-1-2-5-12(11)16(20)21/h3,6,9,11-12H,1-2,4-5,7-8,10H2,(H,17,19)(H,20,21)/t11-,12-/m0/s1. The van der Waals surface area contributed by atoms with E-state index in [4.69, 9.17) is 0 Å². The maximum Gasteiger partial charge on any atom is 0.306 e. The van der Waals surface area contributed by atoms with Gasteiger partial charge in [0.15, 0.2) is 5.78 Å². The molecule has 0 spiro atoms. The first-order chi connectivity index (χ1) is 10.6. The van der Waals surface area contributed by atoms with Gasteiger partial charge in [0, 0.05) is 19.4 Å². The van der Waals surface area contributed by atoms with Crippen LogP contribution in [0.15, 0.2) is 17.5 Å². The number of carboxylic acids is 1. The smallest absolute Gasteiger partial charge is 0.306 e. The summed E-state index contributed by atoms with van der Waals surface area (Å²) in [4.78, 5) is 35.5. The maximum atomic E-state index is 11.8. The van der Waals surface area contributed by atoms with Crippen molar-refractivity contribution in [2.24, 2.45) is 11.8 Å². The van der Waals surface area contributed by atoms with Gasteiger partial charge in [-0.05, 0) is 30.2 Å². The van der Waals surface area contributed by atoms with Gasteiger partial charge in [0.2, 0.25) is 5.91 Å². The van der Waals surface area contributed by atoms with Crippen LogP contribution in [0.5, 0.6) is 0 Å². The molecule has 1 aromatic rings. The van der Waals surface area contributed by atoms with Crippen molar-refractivity contribution in [2.75, 3.05) is 6.54 Å². The van der Waals surface area contributed by atoms with Crippen LogP contribution in [0.2, 0.25) is 0 Å². The molecule has 0 saturated heterocycles. The van der Waals surface area contributed by atoms with Crippen LogP contribution < -0.4 is 5.32 Å². The number of Topliss-reactive ketones (excluding diaryl/α,β-unsaturated/α-hetero) is 1. The molecule has 1 saturated carbocycles. The van der Waals surface area contributed by atoms with Gasteiger partial charge in [-0.15, -0.1) is 11.3 Å². The van der Waals surface area contributed by atoms with Gasteiger partial charge in [-0.25, -0.2) is 0 Å². The third-order valence-electron chi connectivity index (χ3n) is 4.16. The maximum absolute atomic E-state index is 11.8. The van der Waals surface area contributed by atoms with Gasteiger partial charge in [-0.2, -0.15) is 0 Å². The molecule has 1 fully saturated rings. The second kappa shape index (κ2) is 8.08. The van der Waals surface area contributed by atoms with Crippen LogP contribution in [0, 0.1) is 11.8 Å². The van der Waals surface area contributed by atoms with Crippen LogP contribution in [0.4, 0.5) is 0 Å². The molecule has 0 aromatic carbocycles. The second-order valence-corrected chi connectivity index (χ2v) is 6.64. The molecule has 0 bridgehead atoms. The molecule has 2 N–H and O–H groups in total. The lowest BCUT2D eigenvalue weighted by atomic mass is 9.79. The summed E-state index contributed by atoms with van der Waals surface area (Å²) in [5.41, 5.74) is 0. The third kappa shape index (κ3) is 4.66. The number of rotatable bonds is 7. The van der Waals surface area contributed by atoms with E-state index in [0.717, 1.165) is 19.3 Å². The average molecular weight is 323 g/mol. The Morgan fingerprint density at radius 1 is 1.23 bits per heavy atom. The molecule has 0 radical (unpaired) electrons. The molecule has 1 amide bonds. The highest BCUT2D eigenvalue weighted by Crippen LogP contribution is 2.29. The number of carboxylic acid groups (broad SMARTS) is 1. The molecule has 6 heteroatoms. The first-order valence-electron chi connectivity index (χ1n) is 7.64. The van der Waals surface area contributed by atoms with E-state index < -0.39 is 5.97 Å². The van der Waals surface area contributed by atoms with E-state index in [2.05, 4.69) is 5.32 Å². The van der Waals surface area contributed by atoms with Gasteiger partial charge in [0.05, 0.1) is 10.8 Å². The Bertz CT molecular complexity index is 526. The number of carbonyl (C=O) groups is 3. The number of amides is 1. The van der Waals surface area contributed by atoms with Crippen molar-refractivity contribution in [2.45, 2.75) is 38.5 Å². The topological polar surface area (TPSA) is 83.5 Å². The minimum absolute atomic E-state index is 0.00296. The van der Waals surface area contributed by atoms with Gasteiger partial charge >= 0.3 is 5.97 Å². The normalized spacial score (nSPS) is 21.3. The summed E-state index contributed by atoms with van der Waals surface area (Å²) < 4.78 is 0. The number of thiophene rings is 1. The molecular formula is C16H21NO4S. The number of aliphatic carboxylic acids is 1. The van der Waals surface area contributed by atoms with E-state index >= 15 is 0 Å². The fourth-order valence-electron chi connectivity index (χ4n) is 2.90. The van der Waals surface area contributed by atoms with Crippen LogP contribution in [0.1, 0.15) is 48.2 Å².